The summed E-state index contributed by atoms with van der Waals surface area (Å²) in [5.41, 5.74) is 5.64. The van der Waals surface area contributed by atoms with Gasteiger partial charge in [0.05, 0.1) is 6.54 Å². The van der Waals surface area contributed by atoms with Crippen LogP contribution in [0.2, 0.25) is 0 Å². The van der Waals surface area contributed by atoms with Gasteiger partial charge in [0.25, 0.3) is 0 Å². The van der Waals surface area contributed by atoms with Crippen molar-refractivity contribution in [3.8, 4) is 0 Å². The van der Waals surface area contributed by atoms with E-state index in [9.17, 15) is 9.59 Å². The van der Waals surface area contributed by atoms with Crippen LogP contribution in [0.3, 0.4) is 0 Å². The molecule has 33 heavy (non-hydrogen) atoms. The lowest BCUT2D eigenvalue weighted by atomic mass is 10.0. The quantitative estimate of drug-likeness (QED) is 0.173. The first-order valence-corrected chi connectivity index (χ1v) is 12.8. The highest BCUT2D eigenvalue weighted by atomic mass is 16.4. The number of hydrogen-bond acceptors (Lipinski definition) is 5. The zero-order chi connectivity index (χ0) is 24.6. The van der Waals surface area contributed by atoms with Crippen LogP contribution in [0, 0.1) is 0 Å². The maximum absolute atomic E-state index is 9.55. The fraction of sp³-hybridized carbons (Fsp3) is 0.731. The van der Waals surface area contributed by atoms with Gasteiger partial charge in [-0.05, 0) is 18.9 Å². The number of nitrogens with zero attached hydrogens (tertiary/aromatic N) is 2. The Bertz CT molecular complexity index is 572. The largest absolute Gasteiger partial charge is 0.478 e. The summed E-state index contributed by atoms with van der Waals surface area (Å²) in [6, 6.07) is 0. The lowest BCUT2D eigenvalue weighted by molar-refractivity contribution is -0.134. The second-order valence-electron chi connectivity index (χ2n) is 8.46. The molecule has 7 nitrogen and oxygen atoms in total. The molecule has 0 saturated carbocycles. The standard InChI is InChI=1S/C22H43N3.C4H4O4/c1-2-3-4-5-6-7-8-9-10-11-12-13-14-15-16-17-22-24-19-21-25(22)20-18-23;5-3(6)1-2-4(7)8/h16-17H,2-15,18-21,23H2,1H3;1-2H,(H,5,6)(H,7,8)/b;2-1-. The zero-order valence-corrected chi connectivity index (χ0v) is 20.7. The van der Waals surface area contributed by atoms with Crippen LogP contribution >= 0.6 is 0 Å². The van der Waals surface area contributed by atoms with Gasteiger partial charge in [0.15, 0.2) is 0 Å². The minimum Gasteiger partial charge on any atom is -0.478 e. The molecule has 0 unspecified atom stereocenters. The van der Waals surface area contributed by atoms with E-state index in [1.807, 2.05) is 0 Å². The van der Waals surface area contributed by atoms with Gasteiger partial charge in [-0.25, -0.2) is 9.59 Å². The van der Waals surface area contributed by atoms with Crippen molar-refractivity contribution in [1.82, 2.24) is 4.90 Å². The molecule has 0 amide bonds. The molecule has 0 radical (unpaired) electrons. The number of carbonyl (C=O) groups is 2. The Morgan fingerprint density at radius 3 is 1.82 bits per heavy atom. The third-order valence-corrected chi connectivity index (χ3v) is 5.48. The highest BCUT2D eigenvalue weighted by Crippen LogP contribution is 2.13. The summed E-state index contributed by atoms with van der Waals surface area (Å²) >= 11 is 0. The predicted molar refractivity (Wildman–Crippen MR) is 137 cm³/mol. The molecule has 1 aliphatic rings. The van der Waals surface area contributed by atoms with Crippen molar-refractivity contribution in [3.05, 3.63) is 24.3 Å². The number of aliphatic imine (C=N–C) groups is 1. The highest BCUT2D eigenvalue weighted by Gasteiger charge is 2.12. The molecule has 0 bridgehead atoms. The van der Waals surface area contributed by atoms with Crippen molar-refractivity contribution < 1.29 is 19.8 Å². The third-order valence-electron chi connectivity index (χ3n) is 5.48. The van der Waals surface area contributed by atoms with Crippen LogP contribution in [0.4, 0.5) is 0 Å². The lowest BCUT2D eigenvalue weighted by Gasteiger charge is -2.16. The molecule has 0 atom stereocenters. The molecule has 0 aliphatic carbocycles. The normalized spacial score (nSPS) is 13.4. The summed E-state index contributed by atoms with van der Waals surface area (Å²) in [7, 11) is 0. The van der Waals surface area contributed by atoms with Gasteiger partial charge in [-0.15, -0.1) is 0 Å². The Kier molecular flexibility index (Phi) is 21.5. The van der Waals surface area contributed by atoms with Crippen molar-refractivity contribution in [2.45, 2.75) is 96.8 Å². The Morgan fingerprint density at radius 1 is 0.879 bits per heavy atom. The van der Waals surface area contributed by atoms with E-state index in [4.69, 9.17) is 15.9 Å². The van der Waals surface area contributed by atoms with E-state index in [0.29, 0.717) is 18.7 Å². The van der Waals surface area contributed by atoms with E-state index in [0.717, 1.165) is 25.5 Å². The molecule has 0 aromatic heterocycles. The summed E-state index contributed by atoms with van der Waals surface area (Å²) in [5, 5.41) is 15.6. The summed E-state index contributed by atoms with van der Waals surface area (Å²) in [4.78, 5) is 25.9. The van der Waals surface area contributed by atoms with Gasteiger partial charge >= 0.3 is 11.9 Å². The first-order chi connectivity index (χ1) is 16.0. The number of carboxylic acid groups (broad SMARTS) is 2. The van der Waals surface area contributed by atoms with E-state index in [1.54, 1.807) is 0 Å². The van der Waals surface area contributed by atoms with Gasteiger partial charge < -0.3 is 20.8 Å². The van der Waals surface area contributed by atoms with E-state index in [-0.39, 0.29) is 0 Å². The molecule has 7 heteroatoms. The maximum atomic E-state index is 9.55. The Morgan fingerprint density at radius 2 is 1.36 bits per heavy atom. The minimum absolute atomic E-state index is 0.558. The Hall–Kier alpha value is -2.15. The van der Waals surface area contributed by atoms with E-state index >= 15 is 0 Å². The van der Waals surface area contributed by atoms with Gasteiger partial charge in [-0.1, -0.05) is 90.0 Å². The number of unbranched alkanes of at least 4 members (excludes halogenated alkanes) is 13. The molecular weight excluding hydrogens is 418 g/mol. The molecule has 1 heterocycles. The Balaban J connectivity index is 0.00000109. The van der Waals surface area contributed by atoms with Crippen molar-refractivity contribution in [3.63, 3.8) is 0 Å². The molecule has 4 N–H and O–H groups in total. The van der Waals surface area contributed by atoms with E-state index in [2.05, 4.69) is 29.0 Å². The number of nitrogens with two attached hydrogens (primary N) is 1. The predicted octanol–water partition coefficient (Wildman–Crippen LogP) is 5.41. The molecule has 0 aromatic carbocycles. The van der Waals surface area contributed by atoms with Crippen LogP contribution in [0.1, 0.15) is 96.8 Å². The van der Waals surface area contributed by atoms with E-state index < -0.39 is 11.9 Å². The van der Waals surface area contributed by atoms with Gasteiger partial charge in [0, 0.05) is 31.8 Å². The average Bonchev–Trinajstić information content (AvgIpc) is 3.22. The van der Waals surface area contributed by atoms with Gasteiger partial charge in [-0.3, -0.25) is 4.99 Å². The molecule has 1 rings (SSSR count). The minimum atomic E-state index is -1.26. The van der Waals surface area contributed by atoms with Crippen molar-refractivity contribution in [2.24, 2.45) is 10.7 Å². The number of hydrogen-bond donors (Lipinski definition) is 3. The number of rotatable bonds is 19. The van der Waals surface area contributed by atoms with Gasteiger partial charge in [0.2, 0.25) is 0 Å². The first-order valence-electron chi connectivity index (χ1n) is 12.8. The number of aliphatic carboxylic acids is 2. The van der Waals surface area contributed by atoms with Crippen LogP contribution in [0.15, 0.2) is 29.3 Å². The summed E-state index contributed by atoms with van der Waals surface area (Å²) in [6.45, 7) is 5.90. The van der Waals surface area contributed by atoms with Crippen molar-refractivity contribution >= 4 is 17.8 Å². The third kappa shape index (κ3) is 21.5. The molecule has 190 valence electrons. The fourth-order valence-electron chi connectivity index (χ4n) is 3.65. The molecule has 1 aliphatic heterocycles. The summed E-state index contributed by atoms with van der Waals surface area (Å²) < 4.78 is 0. The van der Waals surface area contributed by atoms with Crippen molar-refractivity contribution in [2.75, 3.05) is 26.2 Å². The van der Waals surface area contributed by atoms with Gasteiger partial charge in [0.1, 0.15) is 5.84 Å². The van der Waals surface area contributed by atoms with Crippen LogP contribution in [0.5, 0.6) is 0 Å². The maximum Gasteiger partial charge on any atom is 0.328 e. The number of carboxylic acids is 2. The topological polar surface area (TPSA) is 116 Å². The lowest BCUT2D eigenvalue weighted by Crippen LogP contribution is -2.31. The number of allylic oxidation sites excluding steroid dienone is 1. The smallest absolute Gasteiger partial charge is 0.328 e. The average molecular weight is 466 g/mol. The first kappa shape index (κ1) is 30.9. The van der Waals surface area contributed by atoms with Gasteiger partial charge in [-0.2, -0.15) is 0 Å². The van der Waals surface area contributed by atoms with E-state index in [1.165, 1.54) is 89.9 Å². The van der Waals surface area contributed by atoms with Crippen LogP contribution in [0.25, 0.3) is 0 Å². The Labute approximate surface area is 200 Å². The molecule has 0 saturated heterocycles. The van der Waals surface area contributed by atoms with Crippen LogP contribution < -0.4 is 5.73 Å². The number of amidine groups is 1. The van der Waals surface area contributed by atoms with Crippen LogP contribution in [-0.2, 0) is 9.59 Å². The highest BCUT2D eigenvalue weighted by molar-refractivity contribution is 5.94. The second kappa shape index (κ2) is 23.0. The summed E-state index contributed by atoms with van der Waals surface area (Å²) in [6.07, 6.45) is 25.3. The van der Waals surface area contributed by atoms with Crippen molar-refractivity contribution in [1.29, 1.82) is 0 Å². The molecule has 0 spiro atoms. The molecule has 0 fully saturated rings. The SMILES string of the molecule is CCCCCCCCCCCCCCCC=CC1=NCCN1CCN.O=C(O)/C=C\C(=O)O. The molecular formula is C26H47N3O4. The summed E-state index contributed by atoms with van der Waals surface area (Å²) in [5.74, 6) is -1.38. The molecule has 0 aromatic rings. The monoisotopic (exact) mass is 465 g/mol. The van der Waals surface area contributed by atoms with Crippen LogP contribution in [-0.4, -0.2) is 59.1 Å². The second-order valence-corrected chi connectivity index (χ2v) is 8.46. The fourth-order valence-corrected chi connectivity index (χ4v) is 3.65. The zero-order valence-electron chi connectivity index (χ0n) is 20.7.